The van der Waals surface area contributed by atoms with Crippen molar-refractivity contribution in [2.24, 2.45) is 5.73 Å². The highest BCUT2D eigenvalue weighted by atomic mass is 31.2. The van der Waals surface area contributed by atoms with Crippen molar-refractivity contribution < 1.29 is 29.3 Å². The van der Waals surface area contributed by atoms with Gasteiger partial charge in [-0.15, -0.1) is 0 Å². The van der Waals surface area contributed by atoms with Gasteiger partial charge in [-0.1, -0.05) is 24.3 Å². The number of carbonyl (C=O) groups excluding carboxylic acids is 1. The molecule has 18 heavy (non-hydrogen) atoms. The van der Waals surface area contributed by atoms with Crippen LogP contribution < -0.4 is 5.73 Å². The minimum Gasteiger partial charge on any atom is -0.324 e. The monoisotopic (exact) mass is 275 g/mol. The Bertz CT molecular complexity index is 454. The van der Waals surface area contributed by atoms with E-state index in [-0.39, 0.29) is 12.6 Å². The predicted octanol–water partition coefficient (Wildman–Crippen LogP) is 0.250. The standard InChI is InChI=1S/C10H14NO6P/c11-9(10(12)17-13)5-7-1-3-8(4-2-7)6-18(14,15)16/h1-4,9,13H,5-6,11H2,(H2,14,15,16). The van der Waals surface area contributed by atoms with Crippen LogP contribution in [0.3, 0.4) is 0 Å². The molecule has 0 fully saturated rings. The molecular formula is C10H14NO6P. The first kappa shape index (κ1) is 14.8. The lowest BCUT2D eigenvalue weighted by Gasteiger charge is -2.09. The van der Waals surface area contributed by atoms with Gasteiger partial charge < -0.3 is 15.5 Å². The van der Waals surface area contributed by atoms with Crippen LogP contribution in [0.5, 0.6) is 0 Å². The number of carbonyl (C=O) groups is 1. The molecule has 0 aromatic heterocycles. The zero-order valence-electron chi connectivity index (χ0n) is 9.39. The maximum absolute atomic E-state index is 10.9. The lowest BCUT2D eigenvalue weighted by atomic mass is 10.1. The number of rotatable bonds is 5. The summed E-state index contributed by atoms with van der Waals surface area (Å²) in [5.41, 5.74) is 6.63. The Morgan fingerprint density at radius 3 is 2.22 bits per heavy atom. The highest BCUT2D eigenvalue weighted by Crippen LogP contribution is 2.38. The fourth-order valence-corrected chi connectivity index (χ4v) is 2.11. The second-order valence-electron chi connectivity index (χ2n) is 3.86. The molecule has 0 bridgehead atoms. The average Bonchev–Trinajstić information content (AvgIpc) is 2.28. The average molecular weight is 275 g/mol. The van der Waals surface area contributed by atoms with E-state index >= 15 is 0 Å². The summed E-state index contributed by atoms with van der Waals surface area (Å²) in [6, 6.07) is 5.32. The van der Waals surface area contributed by atoms with Crippen LogP contribution in [0.1, 0.15) is 11.1 Å². The SMILES string of the molecule is NC(Cc1ccc(CP(=O)(O)O)cc1)C(=O)OO. The molecule has 5 N–H and O–H groups in total. The van der Waals surface area contributed by atoms with Crippen molar-refractivity contribution in [2.45, 2.75) is 18.6 Å². The lowest BCUT2D eigenvalue weighted by Crippen LogP contribution is -2.33. The zero-order chi connectivity index (χ0) is 13.8. The van der Waals surface area contributed by atoms with Gasteiger partial charge in [0.1, 0.15) is 6.04 Å². The zero-order valence-corrected chi connectivity index (χ0v) is 10.3. The summed E-state index contributed by atoms with van der Waals surface area (Å²) in [5, 5.41) is 8.14. The highest BCUT2D eigenvalue weighted by molar-refractivity contribution is 7.50. The summed E-state index contributed by atoms with van der Waals surface area (Å²) in [4.78, 5) is 32.0. The molecule has 0 aliphatic carbocycles. The molecule has 0 amide bonds. The van der Waals surface area contributed by atoms with E-state index in [2.05, 4.69) is 4.89 Å². The lowest BCUT2D eigenvalue weighted by molar-refractivity contribution is -0.235. The van der Waals surface area contributed by atoms with Crippen molar-refractivity contribution in [3.05, 3.63) is 35.4 Å². The van der Waals surface area contributed by atoms with E-state index in [0.717, 1.165) is 0 Å². The molecule has 1 aromatic carbocycles. The molecule has 0 heterocycles. The van der Waals surface area contributed by atoms with Crippen LogP contribution in [0, 0.1) is 0 Å². The van der Waals surface area contributed by atoms with Crippen molar-refractivity contribution in [2.75, 3.05) is 0 Å². The Hall–Kier alpha value is -1.24. The second-order valence-corrected chi connectivity index (χ2v) is 5.51. The van der Waals surface area contributed by atoms with Gasteiger partial charge in [0.05, 0.1) is 6.16 Å². The van der Waals surface area contributed by atoms with Crippen LogP contribution in [0.4, 0.5) is 0 Å². The van der Waals surface area contributed by atoms with Crippen molar-refractivity contribution in [1.82, 2.24) is 0 Å². The van der Waals surface area contributed by atoms with Crippen LogP contribution in [-0.4, -0.2) is 27.1 Å². The Kier molecular flexibility index (Phi) is 5.01. The minimum absolute atomic E-state index is 0.162. The minimum atomic E-state index is -4.08. The Balaban J connectivity index is 2.66. The molecule has 1 aromatic rings. The van der Waals surface area contributed by atoms with Crippen molar-refractivity contribution in [1.29, 1.82) is 0 Å². The molecule has 0 aliphatic heterocycles. The van der Waals surface area contributed by atoms with E-state index in [0.29, 0.717) is 11.1 Å². The summed E-state index contributed by atoms with van der Waals surface area (Å²) >= 11 is 0. The van der Waals surface area contributed by atoms with Crippen molar-refractivity contribution >= 4 is 13.6 Å². The molecule has 0 spiro atoms. The van der Waals surface area contributed by atoms with Gasteiger partial charge in [0.15, 0.2) is 0 Å². The molecule has 100 valence electrons. The van der Waals surface area contributed by atoms with Crippen molar-refractivity contribution in [3.63, 3.8) is 0 Å². The third kappa shape index (κ3) is 4.95. The predicted molar refractivity (Wildman–Crippen MR) is 62.6 cm³/mol. The summed E-state index contributed by atoms with van der Waals surface area (Å²) in [6.07, 6.45) is -0.173. The van der Waals surface area contributed by atoms with E-state index < -0.39 is 19.6 Å². The van der Waals surface area contributed by atoms with Crippen LogP contribution in [-0.2, 0) is 26.8 Å². The normalized spacial score (nSPS) is 13.1. The first-order chi connectivity index (χ1) is 8.31. The van der Waals surface area contributed by atoms with Gasteiger partial charge in [0.25, 0.3) is 0 Å². The third-order valence-corrected chi connectivity index (χ3v) is 3.04. The third-order valence-electron chi connectivity index (χ3n) is 2.26. The summed E-state index contributed by atoms with van der Waals surface area (Å²) < 4.78 is 10.8. The van der Waals surface area contributed by atoms with Crippen LogP contribution in [0.25, 0.3) is 0 Å². The van der Waals surface area contributed by atoms with Gasteiger partial charge in [0, 0.05) is 0 Å². The molecule has 8 heteroatoms. The first-order valence-electron chi connectivity index (χ1n) is 5.05. The van der Waals surface area contributed by atoms with Crippen LogP contribution in [0.2, 0.25) is 0 Å². The smallest absolute Gasteiger partial charge is 0.324 e. The van der Waals surface area contributed by atoms with Crippen molar-refractivity contribution in [3.8, 4) is 0 Å². The molecule has 0 aliphatic rings. The first-order valence-corrected chi connectivity index (χ1v) is 6.85. The molecule has 7 nitrogen and oxygen atoms in total. The maximum atomic E-state index is 10.9. The van der Waals surface area contributed by atoms with E-state index in [1.165, 1.54) is 0 Å². The van der Waals surface area contributed by atoms with E-state index in [1.807, 2.05) is 0 Å². The van der Waals surface area contributed by atoms with E-state index in [9.17, 15) is 9.36 Å². The van der Waals surface area contributed by atoms with Gasteiger partial charge in [-0.05, 0) is 17.5 Å². The summed E-state index contributed by atoms with van der Waals surface area (Å²) in [5.74, 6) is -0.936. The summed E-state index contributed by atoms with van der Waals surface area (Å²) in [6.45, 7) is 0. The number of nitrogens with two attached hydrogens (primary N) is 1. The van der Waals surface area contributed by atoms with Crippen LogP contribution >= 0.6 is 7.60 Å². The van der Waals surface area contributed by atoms with Gasteiger partial charge in [-0.3, -0.25) is 9.45 Å². The largest absolute Gasteiger partial charge is 0.358 e. The Labute approximate surface area is 103 Å². The van der Waals surface area contributed by atoms with Gasteiger partial charge in [-0.2, -0.15) is 5.26 Å². The van der Waals surface area contributed by atoms with E-state index in [4.69, 9.17) is 20.8 Å². The van der Waals surface area contributed by atoms with E-state index in [1.54, 1.807) is 24.3 Å². The fraction of sp³-hybridized carbons (Fsp3) is 0.300. The van der Waals surface area contributed by atoms with Gasteiger partial charge >= 0.3 is 13.6 Å². The Morgan fingerprint density at radius 2 is 1.78 bits per heavy atom. The maximum Gasteiger partial charge on any atom is 0.358 e. The molecule has 0 radical (unpaired) electrons. The second kappa shape index (κ2) is 6.08. The number of hydrogen-bond acceptors (Lipinski definition) is 5. The van der Waals surface area contributed by atoms with Crippen LogP contribution in [0.15, 0.2) is 24.3 Å². The molecule has 0 saturated heterocycles. The Morgan fingerprint density at radius 1 is 1.28 bits per heavy atom. The molecule has 1 unspecified atom stereocenters. The number of benzene rings is 1. The number of hydrogen-bond donors (Lipinski definition) is 4. The topological polar surface area (TPSA) is 130 Å². The molecule has 0 saturated carbocycles. The molecular weight excluding hydrogens is 261 g/mol. The highest BCUT2D eigenvalue weighted by Gasteiger charge is 2.17. The summed E-state index contributed by atoms with van der Waals surface area (Å²) in [7, 11) is -4.08. The fourth-order valence-electron chi connectivity index (χ4n) is 1.42. The molecule has 1 atom stereocenters. The quantitative estimate of drug-likeness (QED) is 0.344. The van der Waals surface area contributed by atoms with Gasteiger partial charge in [0.2, 0.25) is 0 Å². The molecule has 1 rings (SSSR count). The van der Waals surface area contributed by atoms with Gasteiger partial charge in [-0.25, -0.2) is 4.79 Å².